The van der Waals surface area contributed by atoms with Crippen LogP contribution < -0.4 is 0 Å². The number of fused-ring (bicyclic) bond motifs is 2. The third-order valence-corrected chi connectivity index (χ3v) is 4.43. The minimum atomic E-state index is -0.0403. The Balaban J connectivity index is 2.21. The molecule has 0 aromatic heterocycles. The highest BCUT2D eigenvalue weighted by atomic mass is 16.3. The van der Waals surface area contributed by atoms with Gasteiger partial charge in [-0.2, -0.15) is 5.26 Å². The van der Waals surface area contributed by atoms with Gasteiger partial charge in [-0.25, -0.2) is 0 Å². The van der Waals surface area contributed by atoms with Gasteiger partial charge >= 0.3 is 0 Å². The molecule has 0 spiro atoms. The molecule has 0 saturated carbocycles. The van der Waals surface area contributed by atoms with Gasteiger partial charge in [0.15, 0.2) is 0 Å². The molecule has 0 amide bonds. The summed E-state index contributed by atoms with van der Waals surface area (Å²) in [4.78, 5) is 0. The van der Waals surface area contributed by atoms with Crippen LogP contribution >= 0.6 is 0 Å². The Morgan fingerprint density at radius 3 is 2.00 bits per heavy atom. The molecule has 1 N–H and O–H groups in total. The minimum absolute atomic E-state index is 0.0403. The maximum Gasteiger partial charge on any atom is 0.0998 e. The van der Waals surface area contributed by atoms with Gasteiger partial charge in [-0.15, -0.1) is 0 Å². The maximum absolute atomic E-state index is 9.57. The van der Waals surface area contributed by atoms with E-state index >= 15 is 0 Å². The number of nitrogens with zero attached hydrogens (tertiary/aromatic N) is 1. The molecule has 4 aromatic carbocycles. The highest BCUT2D eigenvalue weighted by Crippen LogP contribution is 2.38. The van der Waals surface area contributed by atoms with Crippen LogP contribution in [0, 0.1) is 11.3 Å². The molecule has 0 aliphatic rings. The predicted molar refractivity (Wildman–Crippen MR) is 97.5 cm³/mol. The van der Waals surface area contributed by atoms with E-state index in [1.54, 1.807) is 12.1 Å². The predicted octanol–water partition coefficient (Wildman–Crippen LogP) is 5.02. The van der Waals surface area contributed by atoms with Gasteiger partial charge in [-0.05, 0) is 50.9 Å². The number of aliphatic hydroxyl groups is 1. The first-order valence-electron chi connectivity index (χ1n) is 7.86. The number of aliphatic hydroxyl groups excluding tert-OH is 1. The third kappa shape index (κ3) is 2.23. The van der Waals surface area contributed by atoms with E-state index in [-0.39, 0.29) is 6.61 Å². The van der Waals surface area contributed by atoms with Crippen LogP contribution in [0.25, 0.3) is 32.7 Å². The molecule has 114 valence electrons. The van der Waals surface area contributed by atoms with Crippen molar-refractivity contribution in [2.45, 2.75) is 6.61 Å². The number of nitriles is 1. The Kier molecular flexibility index (Phi) is 3.49. The molecular weight excluding hydrogens is 294 g/mol. The Morgan fingerprint density at radius 2 is 1.42 bits per heavy atom. The fourth-order valence-electron chi connectivity index (χ4n) is 3.30. The number of hydrogen-bond donors (Lipinski definition) is 1. The summed E-state index contributed by atoms with van der Waals surface area (Å²) in [6, 6.07) is 26.4. The Bertz CT molecular complexity index is 1050. The number of rotatable bonds is 2. The van der Waals surface area contributed by atoms with Crippen molar-refractivity contribution in [3.8, 4) is 17.2 Å². The summed E-state index contributed by atoms with van der Waals surface area (Å²) >= 11 is 0. The Hall–Kier alpha value is -3.15. The van der Waals surface area contributed by atoms with Gasteiger partial charge in [0.25, 0.3) is 0 Å². The molecular formula is C22H15NO. The second kappa shape index (κ2) is 5.81. The topological polar surface area (TPSA) is 44.0 Å². The SMILES string of the molecule is N#Cc1ccc(CO)cc1-c1c2ccccc2cc2ccccc12. The molecule has 0 radical (unpaired) electrons. The largest absolute Gasteiger partial charge is 0.392 e. The monoisotopic (exact) mass is 309 g/mol. The van der Waals surface area contributed by atoms with Crippen molar-refractivity contribution in [2.24, 2.45) is 0 Å². The van der Waals surface area contributed by atoms with Crippen LogP contribution in [0.15, 0.2) is 72.8 Å². The molecule has 0 saturated heterocycles. The van der Waals surface area contributed by atoms with Crippen LogP contribution in [0.2, 0.25) is 0 Å². The second-order valence-corrected chi connectivity index (χ2v) is 5.84. The van der Waals surface area contributed by atoms with Crippen molar-refractivity contribution < 1.29 is 5.11 Å². The molecule has 2 nitrogen and oxygen atoms in total. The van der Waals surface area contributed by atoms with E-state index in [1.807, 2.05) is 30.3 Å². The summed E-state index contributed by atoms with van der Waals surface area (Å²) < 4.78 is 0. The van der Waals surface area contributed by atoms with Crippen LogP contribution in [0.3, 0.4) is 0 Å². The van der Waals surface area contributed by atoms with E-state index in [1.165, 1.54) is 0 Å². The smallest absolute Gasteiger partial charge is 0.0998 e. The van der Waals surface area contributed by atoms with E-state index in [2.05, 4.69) is 36.4 Å². The zero-order valence-electron chi connectivity index (χ0n) is 13.0. The van der Waals surface area contributed by atoms with Gasteiger partial charge in [0.1, 0.15) is 0 Å². The lowest BCUT2D eigenvalue weighted by Gasteiger charge is -2.14. The van der Waals surface area contributed by atoms with Crippen molar-refractivity contribution in [2.75, 3.05) is 0 Å². The fourth-order valence-corrected chi connectivity index (χ4v) is 3.30. The zero-order valence-corrected chi connectivity index (χ0v) is 13.0. The molecule has 4 aromatic rings. The Morgan fingerprint density at radius 1 is 0.792 bits per heavy atom. The van der Waals surface area contributed by atoms with Crippen LogP contribution in [0.1, 0.15) is 11.1 Å². The maximum atomic E-state index is 9.57. The molecule has 0 fully saturated rings. The Labute approximate surface area is 140 Å². The van der Waals surface area contributed by atoms with E-state index in [4.69, 9.17) is 0 Å². The van der Waals surface area contributed by atoms with Crippen molar-refractivity contribution >= 4 is 21.5 Å². The van der Waals surface area contributed by atoms with Crippen LogP contribution in [0.5, 0.6) is 0 Å². The summed E-state index contributed by atoms with van der Waals surface area (Å²) in [7, 11) is 0. The first-order valence-corrected chi connectivity index (χ1v) is 7.86. The van der Waals surface area contributed by atoms with Gasteiger partial charge in [-0.1, -0.05) is 54.6 Å². The van der Waals surface area contributed by atoms with Crippen molar-refractivity contribution in [1.82, 2.24) is 0 Å². The highest BCUT2D eigenvalue weighted by Gasteiger charge is 2.13. The molecule has 0 heterocycles. The zero-order chi connectivity index (χ0) is 16.5. The van der Waals surface area contributed by atoms with E-state index in [0.29, 0.717) is 5.56 Å². The average Bonchev–Trinajstić information content (AvgIpc) is 2.65. The van der Waals surface area contributed by atoms with Crippen LogP contribution in [-0.2, 0) is 6.61 Å². The molecule has 24 heavy (non-hydrogen) atoms. The molecule has 0 unspecified atom stereocenters. The number of benzene rings is 4. The van der Waals surface area contributed by atoms with Gasteiger partial charge < -0.3 is 5.11 Å². The molecule has 0 aliphatic carbocycles. The van der Waals surface area contributed by atoms with Crippen molar-refractivity contribution in [3.63, 3.8) is 0 Å². The molecule has 2 heteroatoms. The van der Waals surface area contributed by atoms with Crippen LogP contribution in [-0.4, -0.2) is 5.11 Å². The summed E-state index contributed by atoms with van der Waals surface area (Å²) in [6.45, 7) is -0.0403. The molecule has 0 bridgehead atoms. The van der Waals surface area contributed by atoms with Crippen molar-refractivity contribution in [3.05, 3.63) is 83.9 Å². The summed E-state index contributed by atoms with van der Waals surface area (Å²) in [5, 5.41) is 23.6. The summed E-state index contributed by atoms with van der Waals surface area (Å²) in [5.41, 5.74) is 3.35. The van der Waals surface area contributed by atoms with E-state index in [9.17, 15) is 10.4 Å². The first kappa shape index (κ1) is 14.4. The van der Waals surface area contributed by atoms with E-state index < -0.39 is 0 Å². The van der Waals surface area contributed by atoms with Gasteiger partial charge in [0.2, 0.25) is 0 Å². The lowest BCUT2D eigenvalue weighted by Crippen LogP contribution is -1.92. The lowest BCUT2D eigenvalue weighted by atomic mass is 9.89. The first-order chi connectivity index (χ1) is 11.8. The average molecular weight is 309 g/mol. The van der Waals surface area contributed by atoms with Crippen molar-refractivity contribution in [1.29, 1.82) is 5.26 Å². The highest BCUT2D eigenvalue weighted by molar-refractivity contribution is 6.13. The summed E-state index contributed by atoms with van der Waals surface area (Å²) in [5.74, 6) is 0. The summed E-state index contributed by atoms with van der Waals surface area (Å²) in [6.07, 6.45) is 0. The van der Waals surface area contributed by atoms with Gasteiger partial charge in [0.05, 0.1) is 18.2 Å². The molecule has 4 rings (SSSR count). The van der Waals surface area contributed by atoms with Gasteiger partial charge in [0, 0.05) is 5.56 Å². The molecule has 0 aliphatic heterocycles. The lowest BCUT2D eigenvalue weighted by molar-refractivity contribution is 0.282. The van der Waals surface area contributed by atoms with E-state index in [0.717, 1.165) is 38.2 Å². The third-order valence-electron chi connectivity index (χ3n) is 4.43. The quantitative estimate of drug-likeness (QED) is 0.528. The second-order valence-electron chi connectivity index (χ2n) is 5.84. The standard InChI is InChI=1S/C22H15NO/c23-13-18-10-9-15(14-24)11-21(18)22-19-7-3-1-5-16(19)12-17-6-2-4-8-20(17)22/h1-12,24H,14H2. The fraction of sp³-hybridized carbons (Fsp3) is 0.0455. The number of hydrogen-bond acceptors (Lipinski definition) is 2. The van der Waals surface area contributed by atoms with Gasteiger partial charge in [-0.3, -0.25) is 0 Å². The van der Waals surface area contributed by atoms with Crippen LogP contribution in [0.4, 0.5) is 0 Å². The molecule has 0 atom stereocenters. The normalized spacial score (nSPS) is 10.8. The minimum Gasteiger partial charge on any atom is -0.392 e.